The van der Waals surface area contributed by atoms with Crippen LogP contribution in [0.5, 0.6) is 11.5 Å². The zero-order chi connectivity index (χ0) is 20.1. The maximum Gasteiger partial charge on any atom is 0.220 e. The van der Waals surface area contributed by atoms with Gasteiger partial charge in [-0.3, -0.25) is 4.79 Å². The third-order valence-electron chi connectivity index (χ3n) is 4.46. The molecule has 0 saturated heterocycles. The number of methoxy groups -OCH3 is 1. The number of carbonyl (C=O) groups excluding carboxylic acids is 1. The molecule has 0 radical (unpaired) electrons. The van der Waals surface area contributed by atoms with Crippen LogP contribution in [0.2, 0.25) is 5.15 Å². The maximum atomic E-state index is 12.2. The van der Waals surface area contributed by atoms with Gasteiger partial charge in [-0.25, -0.2) is 4.98 Å². The molecule has 0 unspecified atom stereocenters. The average molecular weight is 399 g/mol. The van der Waals surface area contributed by atoms with Crippen molar-refractivity contribution in [2.24, 2.45) is 0 Å². The quantitative estimate of drug-likeness (QED) is 0.534. The monoisotopic (exact) mass is 398 g/mol. The number of ether oxygens (including phenoxy) is 2. The summed E-state index contributed by atoms with van der Waals surface area (Å²) in [5, 5.41) is 1.33. The van der Waals surface area contributed by atoms with E-state index in [-0.39, 0.29) is 5.91 Å². The van der Waals surface area contributed by atoms with Crippen LogP contribution in [0.25, 0.3) is 10.9 Å². The number of benzene rings is 2. The fourth-order valence-electron chi connectivity index (χ4n) is 2.98. The van der Waals surface area contributed by atoms with E-state index in [0.29, 0.717) is 24.8 Å². The Kier molecular flexibility index (Phi) is 6.37. The summed E-state index contributed by atoms with van der Waals surface area (Å²) in [6, 6.07) is 15.3. The predicted octanol–water partition coefficient (Wildman–Crippen LogP) is 4.84. The molecule has 0 aliphatic rings. The second-order valence-electron chi connectivity index (χ2n) is 6.45. The number of aromatic nitrogens is 1. The van der Waals surface area contributed by atoms with Crippen molar-refractivity contribution in [1.82, 2.24) is 9.88 Å². The van der Waals surface area contributed by atoms with Crippen molar-refractivity contribution >= 4 is 28.4 Å². The fourth-order valence-corrected chi connectivity index (χ4v) is 3.18. The predicted molar refractivity (Wildman–Crippen MR) is 111 cm³/mol. The normalized spacial score (nSPS) is 10.7. The molecule has 0 atom stereocenters. The van der Waals surface area contributed by atoms with Gasteiger partial charge in [0.25, 0.3) is 0 Å². The van der Waals surface area contributed by atoms with E-state index in [1.807, 2.05) is 55.5 Å². The summed E-state index contributed by atoms with van der Waals surface area (Å²) < 4.78 is 10.8. The maximum absolute atomic E-state index is 12.2. The van der Waals surface area contributed by atoms with E-state index in [1.54, 1.807) is 18.9 Å². The number of nitrogens with zero attached hydrogens (tertiary/aromatic N) is 2. The number of hydrogen-bond donors (Lipinski definition) is 0. The smallest absolute Gasteiger partial charge is 0.220 e. The fraction of sp³-hybridized carbons (Fsp3) is 0.273. The van der Waals surface area contributed by atoms with Crippen molar-refractivity contribution in [1.29, 1.82) is 0 Å². The van der Waals surface area contributed by atoms with Crippen LogP contribution in [0.15, 0.2) is 48.5 Å². The Labute approximate surface area is 169 Å². The molecule has 0 fully saturated rings. The molecular formula is C22H23ClN2O3. The van der Waals surface area contributed by atoms with E-state index in [1.165, 1.54) is 0 Å². The van der Waals surface area contributed by atoms with Crippen molar-refractivity contribution < 1.29 is 14.3 Å². The van der Waals surface area contributed by atoms with Crippen LogP contribution in [0.1, 0.15) is 25.0 Å². The molecule has 6 heteroatoms. The zero-order valence-electron chi connectivity index (χ0n) is 16.2. The van der Waals surface area contributed by atoms with Crippen LogP contribution in [0, 0.1) is 0 Å². The molecule has 1 aromatic heterocycles. The molecule has 5 nitrogen and oxygen atoms in total. The van der Waals surface area contributed by atoms with E-state index in [9.17, 15) is 4.79 Å². The van der Waals surface area contributed by atoms with Gasteiger partial charge in [-0.15, -0.1) is 0 Å². The van der Waals surface area contributed by atoms with E-state index >= 15 is 0 Å². The summed E-state index contributed by atoms with van der Waals surface area (Å²) in [5.74, 6) is 1.53. The highest BCUT2D eigenvalue weighted by Gasteiger charge is 2.14. The first-order chi connectivity index (χ1) is 13.5. The van der Waals surface area contributed by atoms with Crippen molar-refractivity contribution in [2.75, 3.05) is 13.7 Å². The van der Waals surface area contributed by atoms with Gasteiger partial charge in [-0.05, 0) is 48.9 Å². The Morgan fingerprint density at radius 1 is 1.07 bits per heavy atom. The lowest BCUT2D eigenvalue weighted by molar-refractivity contribution is -0.130. The van der Waals surface area contributed by atoms with Gasteiger partial charge in [-0.2, -0.15) is 0 Å². The Hall–Kier alpha value is -2.79. The molecule has 0 bridgehead atoms. The minimum Gasteiger partial charge on any atom is -0.497 e. The molecule has 2 aromatic carbocycles. The summed E-state index contributed by atoms with van der Waals surface area (Å²) in [4.78, 5) is 18.4. The highest BCUT2D eigenvalue weighted by Crippen LogP contribution is 2.26. The van der Waals surface area contributed by atoms with Crippen LogP contribution in [0.4, 0.5) is 0 Å². The third-order valence-corrected chi connectivity index (χ3v) is 4.79. The van der Waals surface area contributed by atoms with Crippen molar-refractivity contribution in [3.05, 3.63) is 64.8 Å². The van der Waals surface area contributed by atoms with Gasteiger partial charge >= 0.3 is 0 Å². The van der Waals surface area contributed by atoms with E-state index in [2.05, 4.69) is 4.98 Å². The van der Waals surface area contributed by atoms with E-state index < -0.39 is 0 Å². The summed E-state index contributed by atoms with van der Waals surface area (Å²) in [7, 11) is 1.63. The van der Waals surface area contributed by atoms with Crippen molar-refractivity contribution in [2.45, 2.75) is 26.9 Å². The van der Waals surface area contributed by atoms with Crippen LogP contribution in [-0.2, 0) is 17.9 Å². The van der Waals surface area contributed by atoms with Crippen LogP contribution in [-0.4, -0.2) is 29.5 Å². The number of carbonyl (C=O) groups is 1. The molecule has 146 valence electrons. The van der Waals surface area contributed by atoms with Gasteiger partial charge in [0.1, 0.15) is 16.7 Å². The van der Waals surface area contributed by atoms with Gasteiger partial charge in [0, 0.05) is 31.0 Å². The Bertz CT molecular complexity index is 973. The second kappa shape index (κ2) is 8.93. The molecule has 3 rings (SSSR count). The minimum atomic E-state index is -0.0324. The van der Waals surface area contributed by atoms with Crippen LogP contribution >= 0.6 is 11.6 Å². The van der Waals surface area contributed by atoms with Crippen LogP contribution < -0.4 is 9.47 Å². The molecule has 1 amide bonds. The topological polar surface area (TPSA) is 51.7 Å². The first-order valence-electron chi connectivity index (χ1n) is 9.10. The van der Waals surface area contributed by atoms with Gasteiger partial charge in [0.2, 0.25) is 5.91 Å². The number of hydrogen-bond acceptors (Lipinski definition) is 4. The minimum absolute atomic E-state index is 0.0324. The summed E-state index contributed by atoms with van der Waals surface area (Å²) in [6.07, 6.45) is 0. The Balaban J connectivity index is 1.85. The van der Waals surface area contributed by atoms with Crippen molar-refractivity contribution in [3.8, 4) is 11.5 Å². The molecule has 1 heterocycles. The molecule has 28 heavy (non-hydrogen) atoms. The number of rotatable bonds is 7. The Morgan fingerprint density at radius 3 is 2.43 bits per heavy atom. The first kappa shape index (κ1) is 20.0. The number of fused-ring (bicyclic) bond motifs is 1. The first-order valence-corrected chi connectivity index (χ1v) is 9.48. The van der Waals surface area contributed by atoms with Gasteiger partial charge < -0.3 is 14.4 Å². The van der Waals surface area contributed by atoms with Gasteiger partial charge in [-0.1, -0.05) is 23.7 Å². The van der Waals surface area contributed by atoms with Crippen LogP contribution in [0.3, 0.4) is 0 Å². The zero-order valence-corrected chi connectivity index (χ0v) is 17.0. The largest absolute Gasteiger partial charge is 0.497 e. The molecule has 0 N–H and O–H groups in total. The van der Waals surface area contributed by atoms with Gasteiger partial charge in [0.15, 0.2) is 0 Å². The molecule has 0 aliphatic heterocycles. The number of amides is 1. The van der Waals surface area contributed by atoms with Gasteiger partial charge in [0.05, 0.1) is 19.2 Å². The summed E-state index contributed by atoms with van der Waals surface area (Å²) in [5.41, 5.74) is 2.60. The molecule has 0 aliphatic carbocycles. The number of pyridine rings is 1. The van der Waals surface area contributed by atoms with E-state index in [4.69, 9.17) is 21.1 Å². The standard InChI is InChI=1S/C22H23ClN2O3/c1-4-28-20-9-10-21-17(12-20)11-18(22(23)24-21)14-25(15(2)26)13-16-5-7-19(27-3)8-6-16/h5-12H,4,13-14H2,1-3H3. The third kappa shape index (κ3) is 4.73. The molecular weight excluding hydrogens is 376 g/mol. The second-order valence-corrected chi connectivity index (χ2v) is 6.81. The van der Waals surface area contributed by atoms with Crippen molar-refractivity contribution in [3.63, 3.8) is 0 Å². The average Bonchev–Trinajstić information content (AvgIpc) is 2.69. The Morgan fingerprint density at radius 2 is 1.79 bits per heavy atom. The SMILES string of the molecule is CCOc1ccc2nc(Cl)c(CN(Cc3ccc(OC)cc3)C(C)=O)cc2c1. The lowest BCUT2D eigenvalue weighted by Crippen LogP contribution is -2.27. The molecule has 3 aromatic rings. The summed E-state index contributed by atoms with van der Waals surface area (Å²) in [6.45, 7) is 4.95. The van der Waals surface area contributed by atoms with E-state index in [0.717, 1.165) is 33.5 Å². The molecule has 0 saturated carbocycles. The molecule has 0 spiro atoms. The lowest BCUT2D eigenvalue weighted by Gasteiger charge is -2.22. The summed E-state index contributed by atoms with van der Waals surface area (Å²) >= 11 is 6.40. The number of halogens is 1. The highest BCUT2D eigenvalue weighted by atomic mass is 35.5. The highest BCUT2D eigenvalue weighted by molar-refractivity contribution is 6.30. The lowest BCUT2D eigenvalue weighted by atomic mass is 10.1.